The minimum absolute atomic E-state index is 0.0127. The fraction of sp³-hybridized carbons (Fsp3) is 0.250. The first-order valence-electron chi connectivity index (χ1n) is 7.53. The zero-order valence-corrected chi connectivity index (χ0v) is 13.9. The van der Waals surface area contributed by atoms with E-state index in [2.05, 4.69) is 25.4 Å². The van der Waals surface area contributed by atoms with Crippen LogP contribution >= 0.6 is 11.6 Å². The van der Waals surface area contributed by atoms with E-state index < -0.39 is 0 Å². The van der Waals surface area contributed by atoms with Gasteiger partial charge in [-0.2, -0.15) is 5.10 Å². The Kier molecular flexibility index (Phi) is 4.90. The predicted octanol–water partition coefficient (Wildman–Crippen LogP) is 2.43. The number of aromatic amines is 1. The maximum absolute atomic E-state index is 11.9. The van der Waals surface area contributed by atoms with E-state index in [-0.39, 0.29) is 11.5 Å². The van der Waals surface area contributed by atoms with Crippen molar-refractivity contribution in [1.29, 1.82) is 0 Å². The average Bonchev–Trinajstić information content (AvgIpc) is 2.98. The zero-order chi connectivity index (χ0) is 16.9. The number of hydrogen-bond donors (Lipinski definition) is 2. The minimum Gasteiger partial charge on any atom is -0.350 e. The summed E-state index contributed by atoms with van der Waals surface area (Å²) in [5.74, 6) is 0.437. The van der Waals surface area contributed by atoms with Crippen molar-refractivity contribution in [2.24, 2.45) is 0 Å². The molecule has 0 aliphatic rings. The van der Waals surface area contributed by atoms with Gasteiger partial charge in [0.15, 0.2) is 0 Å². The maximum Gasteiger partial charge on any atom is 0.252 e. The van der Waals surface area contributed by atoms with E-state index in [0.29, 0.717) is 29.8 Å². The average molecular weight is 345 g/mol. The summed E-state index contributed by atoms with van der Waals surface area (Å²) in [4.78, 5) is 23.3. The molecule has 3 aromatic heterocycles. The Balaban J connectivity index is 1.72. The van der Waals surface area contributed by atoms with Crippen molar-refractivity contribution >= 4 is 17.5 Å². The highest BCUT2D eigenvalue weighted by molar-refractivity contribution is 6.30. The summed E-state index contributed by atoms with van der Waals surface area (Å²) in [6.45, 7) is 3.05. The summed E-state index contributed by atoms with van der Waals surface area (Å²) in [5, 5.41) is 7.82. The lowest BCUT2D eigenvalue weighted by Crippen LogP contribution is -2.17. The molecular formula is C16H17ClN6O. The molecule has 7 nitrogen and oxygen atoms in total. The van der Waals surface area contributed by atoms with Crippen LogP contribution in [0.15, 0.2) is 47.7 Å². The molecule has 0 bridgehead atoms. The topological polar surface area (TPSA) is 88.5 Å². The van der Waals surface area contributed by atoms with Crippen molar-refractivity contribution in [2.45, 2.75) is 25.9 Å². The van der Waals surface area contributed by atoms with Gasteiger partial charge in [0, 0.05) is 30.9 Å². The van der Waals surface area contributed by atoms with Crippen LogP contribution in [0.4, 0.5) is 5.95 Å². The summed E-state index contributed by atoms with van der Waals surface area (Å²) < 4.78 is 1.73. The molecule has 0 saturated carbocycles. The van der Waals surface area contributed by atoms with Gasteiger partial charge in [-0.25, -0.2) is 4.98 Å². The number of nitrogens with zero attached hydrogens (tertiary/aromatic N) is 4. The Morgan fingerprint density at radius 3 is 3.00 bits per heavy atom. The molecule has 0 saturated heterocycles. The molecule has 0 amide bonds. The number of aromatic nitrogens is 5. The highest BCUT2D eigenvalue weighted by Gasteiger charge is 2.11. The molecule has 3 heterocycles. The third kappa shape index (κ3) is 4.20. The molecule has 1 unspecified atom stereocenters. The van der Waals surface area contributed by atoms with Gasteiger partial charge in [-0.3, -0.25) is 19.4 Å². The second kappa shape index (κ2) is 7.27. The van der Waals surface area contributed by atoms with Gasteiger partial charge in [-0.05, 0) is 12.1 Å². The van der Waals surface area contributed by atoms with Gasteiger partial charge in [-0.1, -0.05) is 24.6 Å². The number of halogens is 1. The summed E-state index contributed by atoms with van der Waals surface area (Å²) in [6.07, 6.45) is 5.05. The summed E-state index contributed by atoms with van der Waals surface area (Å²) >= 11 is 5.87. The van der Waals surface area contributed by atoms with Gasteiger partial charge in [-0.15, -0.1) is 0 Å². The molecule has 0 spiro atoms. The third-order valence-corrected chi connectivity index (χ3v) is 3.69. The van der Waals surface area contributed by atoms with E-state index in [4.69, 9.17) is 11.6 Å². The number of H-pyrrole nitrogens is 1. The lowest BCUT2D eigenvalue weighted by atomic mass is 10.1. The van der Waals surface area contributed by atoms with Gasteiger partial charge >= 0.3 is 0 Å². The van der Waals surface area contributed by atoms with Crippen LogP contribution in [0, 0.1) is 0 Å². The fourth-order valence-corrected chi connectivity index (χ4v) is 2.46. The van der Waals surface area contributed by atoms with E-state index in [0.717, 1.165) is 5.69 Å². The lowest BCUT2D eigenvalue weighted by Gasteiger charge is -2.12. The van der Waals surface area contributed by atoms with E-state index in [1.165, 1.54) is 6.07 Å². The molecular weight excluding hydrogens is 328 g/mol. The Morgan fingerprint density at radius 1 is 1.42 bits per heavy atom. The standard InChI is InChI=1S/C16H17ClN6O/c1-11(9-23-10-12(17)7-20-23)14-6-15(24)22-16(21-14)19-8-13-4-2-3-5-18-13/h2-7,10-11H,8-9H2,1H3,(H2,19,21,22,24). The van der Waals surface area contributed by atoms with Crippen molar-refractivity contribution < 1.29 is 0 Å². The van der Waals surface area contributed by atoms with E-state index in [9.17, 15) is 4.79 Å². The third-order valence-electron chi connectivity index (χ3n) is 3.49. The normalized spacial score (nSPS) is 12.1. The highest BCUT2D eigenvalue weighted by Crippen LogP contribution is 2.16. The Bertz CT molecular complexity index is 860. The summed E-state index contributed by atoms with van der Waals surface area (Å²) in [7, 11) is 0. The van der Waals surface area contributed by atoms with Gasteiger partial charge in [0.05, 0.1) is 29.2 Å². The van der Waals surface area contributed by atoms with Gasteiger partial charge in [0.2, 0.25) is 5.95 Å². The van der Waals surface area contributed by atoms with Crippen LogP contribution in [0.25, 0.3) is 0 Å². The second-order valence-electron chi connectivity index (χ2n) is 5.48. The summed E-state index contributed by atoms with van der Waals surface area (Å²) in [5.41, 5.74) is 1.35. The monoisotopic (exact) mass is 344 g/mol. The molecule has 124 valence electrons. The number of hydrogen-bond acceptors (Lipinski definition) is 5. The zero-order valence-electron chi connectivity index (χ0n) is 13.1. The maximum atomic E-state index is 11.9. The first-order valence-corrected chi connectivity index (χ1v) is 7.91. The highest BCUT2D eigenvalue weighted by atomic mass is 35.5. The Morgan fingerprint density at radius 2 is 2.29 bits per heavy atom. The smallest absolute Gasteiger partial charge is 0.252 e. The van der Waals surface area contributed by atoms with E-state index >= 15 is 0 Å². The van der Waals surface area contributed by atoms with Crippen LogP contribution in [-0.2, 0) is 13.1 Å². The van der Waals surface area contributed by atoms with Crippen LogP contribution in [0.5, 0.6) is 0 Å². The molecule has 0 radical (unpaired) electrons. The molecule has 8 heteroatoms. The van der Waals surface area contributed by atoms with Gasteiger partial charge < -0.3 is 5.32 Å². The number of anilines is 1. The van der Waals surface area contributed by atoms with Crippen molar-refractivity contribution in [3.63, 3.8) is 0 Å². The fourth-order valence-electron chi connectivity index (χ4n) is 2.30. The van der Waals surface area contributed by atoms with Crippen LogP contribution in [-0.4, -0.2) is 24.7 Å². The van der Waals surface area contributed by atoms with Crippen LogP contribution in [0.3, 0.4) is 0 Å². The number of nitrogens with one attached hydrogen (secondary N) is 2. The van der Waals surface area contributed by atoms with E-state index in [1.54, 1.807) is 23.3 Å². The van der Waals surface area contributed by atoms with Crippen LogP contribution in [0.1, 0.15) is 24.2 Å². The minimum atomic E-state index is -0.200. The number of pyridine rings is 1. The lowest BCUT2D eigenvalue weighted by molar-refractivity contribution is 0.533. The largest absolute Gasteiger partial charge is 0.350 e. The molecule has 2 N–H and O–H groups in total. The molecule has 1 atom stereocenters. The van der Waals surface area contributed by atoms with E-state index in [1.807, 2.05) is 25.1 Å². The Hall–Kier alpha value is -2.67. The molecule has 3 aromatic rings. The predicted molar refractivity (Wildman–Crippen MR) is 92.1 cm³/mol. The van der Waals surface area contributed by atoms with Crippen molar-refractivity contribution in [3.8, 4) is 0 Å². The molecule has 0 fully saturated rings. The summed E-state index contributed by atoms with van der Waals surface area (Å²) in [6, 6.07) is 7.17. The van der Waals surface area contributed by atoms with Gasteiger partial charge in [0.1, 0.15) is 0 Å². The number of rotatable bonds is 6. The first-order chi connectivity index (χ1) is 11.6. The second-order valence-corrected chi connectivity index (χ2v) is 5.91. The quantitative estimate of drug-likeness (QED) is 0.717. The Labute approximate surface area is 143 Å². The molecule has 0 aliphatic carbocycles. The molecule has 0 aromatic carbocycles. The molecule has 24 heavy (non-hydrogen) atoms. The van der Waals surface area contributed by atoms with Crippen LogP contribution in [0.2, 0.25) is 5.02 Å². The molecule has 0 aliphatic heterocycles. The van der Waals surface area contributed by atoms with Crippen molar-refractivity contribution in [1.82, 2.24) is 24.7 Å². The van der Waals surface area contributed by atoms with Gasteiger partial charge in [0.25, 0.3) is 5.56 Å². The first kappa shape index (κ1) is 16.2. The van der Waals surface area contributed by atoms with Crippen molar-refractivity contribution in [3.05, 3.63) is 69.6 Å². The van der Waals surface area contributed by atoms with Crippen LogP contribution < -0.4 is 10.9 Å². The van der Waals surface area contributed by atoms with Crippen molar-refractivity contribution in [2.75, 3.05) is 5.32 Å². The molecule has 3 rings (SSSR count). The SMILES string of the molecule is CC(Cn1cc(Cl)cn1)c1cc(=O)[nH]c(NCc2ccccn2)n1.